The van der Waals surface area contributed by atoms with Crippen LogP contribution in [-0.2, 0) is 20.6 Å². The van der Waals surface area contributed by atoms with Gasteiger partial charge in [-0.25, -0.2) is 0 Å². The van der Waals surface area contributed by atoms with Crippen molar-refractivity contribution in [3.05, 3.63) is 56.6 Å². The van der Waals surface area contributed by atoms with Crippen LogP contribution in [0.2, 0.25) is 0 Å². The van der Waals surface area contributed by atoms with Crippen LogP contribution in [0.25, 0.3) is 0 Å². The number of hydrogen-bond donors (Lipinski definition) is 1. The fourth-order valence-electron chi connectivity index (χ4n) is 3.66. The Kier molecular flexibility index (Phi) is 6.80. The zero-order valence-electron chi connectivity index (χ0n) is 16.5. The molecule has 0 spiro atoms. The molecule has 1 aliphatic rings. The number of nitrogens with zero attached hydrogens (tertiary/aromatic N) is 4. The van der Waals surface area contributed by atoms with E-state index in [1.54, 1.807) is 14.1 Å². The van der Waals surface area contributed by atoms with Crippen LogP contribution < -0.4 is 5.56 Å². The molecule has 28 heavy (non-hydrogen) atoms. The summed E-state index contributed by atoms with van der Waals surface area (Å²) < 4.78 is 3.04. The van der Waals surface area contributed by atoms with Crippen LogP contribution in [0.4, 0.5) is 0 Å². The largest absolute Gasteiger partial charge is 0.494 e. The standard InChI is InChI=1S/C21H28N4O2S/c1-23-19(26)18(20(27)24(2)21(23)28)14-22-11-8-16-9-12-25(13-10-16)15-17-6-4-3-5-7-17/h3-7,14,16,26H,8-13,15H2,1-2H3. The van der Waals surface area contributed by atoms with E-state index >= 15 is 0 Å². The first-order valence-corrected chi connectivity index (χ1v) is 10.1. The Balaban J connectivity index is 1.49. The van der Waals surface area contributed by atoms with Crippen molar-refractivity contribution in [1.29, 1.82) is 0 Å². The van der Waals surface area contributed by atoms with Gasteiger partial charge in [0.25, 0.3) is 5.56 Å². The van der Waals surface area contributed by atoms with Gasteiger partial charge in [0.2, 0.25) is 5.88 Å². The second kappa shape index (κ2) is 9.30. The molecule has 2 aromatic rings. The molecule has 1 fully saturated rings. The zero-order valence-corrected chi connectivity index (χ0v) is 17.4. The molecule has 0 amide bonds. The van der Waals surface area contributed by atoms with E-state index in [1.807, 2.05) is 0 Å². The van der Waals surface area contributed by atoms with Gasteiger partial charge >= 0.3 is 0 Å². The van der Waals surface area contributed by atoms with Crippen molar-refractivity contribution in [2.45, 2.75) is 25.8 Å². The fourth-order valence-corrected chi connectivity index (χ4v) is 3.83. The number of aromatic hydroxyl groups is 1. The summed E-state index contributed by atoms with van der Waals surface area (Å²) in [6.45, 7) is 3.90. The van der Waals surface area contributed by atoms with E-state index in [2.05, 4.69) is 40.2 Å². The molecule has 0 aliphatic carbocycles. The monoisotopic (exact) mass is 400 g/mol. The van der Waals surface area contributed by atoms with Crippen molar-refractivity contribution in [3.63, 3.8) is 0 Å². The molecule has 1 N–H and O–H groups in total. The lowest BCUT2D eigenvalue weighted by Crippen LogP contribution is -2.33. The molecule has 0 saturated carbocycles. The van der Waals surface area contributed by atoms with E-state index < -0.39 is 0 Å². The summed E-state index contributed by atoms with van der Waals surface area (Å²) in [4.78, 5) is 19.2. The second-order valence-corrected chi connectivity index (χ2v) is 7.84. The zero-order chi connectivity index (χ0) is 20.1. The third-order valence-electron chi connectivity index (χ3n) is 5.51. The van der Waals surface area contributed by atoms with Crippen molar-refractivity contribution in [1.82, 2.24) is 14.0 Å². The Morgan fingerprint density at radius 1 is 1.18 bits per heavy atom. The number of aromatic nitrogens is 2. The Bertz CT molecular complexity index is 941. The minimum absolute atomic E-state index is 0.133. The summed E-state index contributed by atoms with van der Waals surface area (Å²) >= 11 is 5.12. The van der Waals surface area contributed by atoms with E-state index in [0.29, 0.717) is 12.5 Å². The Hall–Kier alpha value is -2.25. The molecule has 7 heteroatoms. The fraction of sp³-hybridized carbons (Fsp3) is 0.476. The van der Waals surface area contributed by atoms with E-state index in [0.717, 1.165) is 26.1 Å². The summed E-state index contributed by atoms with van der Waals surface area (Å²) in [5, 5.41) is 10.2. The van der Waals surface area contributed by atoms with Gasteiger partial charge in [-0.05, 0) is 56.1 Å². The van der Waals surface area contributed by atoms with E-state index in [4.69, 9.17) is 12.2 Å². The van der Waals surface area contributed by atoms with Crippen LogP contribution in [0.3, 0.4) is 0 Å². The molecule has 0 radical (unpaired) electrons. The van der Waals surface area contributed by atoms with Gasteiger partial charge in [0, 0.05) is 33.4 Å². The van der Waals surface area contributed by atoms with Crippen LogP contribution in [0, 0.1) is 10.7 Å². The predicted molar refractivity (Wildman–Crippen MR) is 115 cm³/mol. The molecule has 1 aromatic heterocycles. The number of aliphatic imine (C=N–C) groups is 1. The Morgan fingerprint density at radius 3 is 2.54 bits per heavy atom. The lowest BCUT2D eigenvalue weighted by atomic mass is 9.93. The molecular formula is C21H28N4O2S. The predicted octanol–water partition coefficient (Wildman–Crippen LogP) is 2.88. The normalized spacial score (nSPS) is 16.1. The highest BCUT2D eigenvalue weighted by Gasteiger charge is 2.19. The van der Waals surface area contributed by atoms with Crippen molar-refractivity contribution in [2.75, 3.05) is 19.6 Å². The minimum Gasteiger partial charge on any atom is -0.494 e. The molecule has 0 bridgehead atoms. The third kappa shape index (κ3) is 4.77. The molecule has 1 saturated heterocycles. The molecule has 1 aliphatic heterocycles. The van der Waals surface area contributed by atoms with E-state index in [1.165, 1.54) is 33.8 Å². The first kappa shape index (κ1) is 20.5. The lowest BCUT2D eigenvalue weighted by molar-refractivity contribution is 0.173. The number of benzene rings is 1. The van der Waals surface area contributed by atoms with E-state index in [-0.39, 0.29) is 21.8 Å². The van der Waals surface area contributed by atoms with Gasteiger partial charge in [-0.1, -0.05) is 30.3 Å². The molecule has 1 aromatic carbocycles. The highest BCUT2D eigenvalue weighted by atomic mass is 32.1. The molecule has 2 heterocycles. The number of likely N-dealkylation sites (tertiary alicyclic amines) is 1. The van der Waals surface area contributed by atoms with Crippen LogP contribution in [0.15, 0.2) is 40.1 Å². The second-order valence-electron chi connectivity index (χ2n) is 7.47. The van der Waals surface area contributed by atoms with Crippen molar-refractivity contribution < 1.29 is 5.11 Å². The smallest absolute Gasteiger partial charge is 0.266 e. The molecule has 3 rings (SSSR count). The quantitative estimate of drug-likeness (QED) is 0.598. The molecule has 6 nitrogen and oxygen atoms in total. The first-order valence-electron chi connectivity index (χ1n) is 9.72. The number of piperidine rings is 1. The lowest BCUT2D eigenvalue weighted by Gasteiger charge is -2.31. The number of hydrogen-bond acceptors (Lipinski definition) is 5. The van der Waals surface area contributed by atoms with Crippen molar-refractivity contribution in [2.24, 2.45) is 25.0 Å². The minimum atomic E-state index is -0.321. The average Bonchev–Trinajstić information content (AvgIpc) is 2.72. The van der Waals surface area contributed by atoms with Gasteiger partial charge in [-0.2, -0.15) is 0 Å². The summed E-state index contributed by atoms with van der Waals surface area (Å²) in [6.07, 6.45) is 4.84. The van der Waals surface area contributed by atoms with Crippen LogP contribution in [-0.4, -0.2) is 45.0 Å². The van der Waals surface area contributed by atoms with E-state index in [9.17, 15) is 9.90 Å². The summed E-state index contributed by atoms with van der Waals surface area (Å²) in [5.74, 6) is 0.526. The topological polar surface area (TPSA) is 62.8 Å². The van der Waals surface area contributed by atoms with Gasteiger partial charge < -0.3 is 5.11 Å². The molecule has 150 valence electrons. The van der Waals surface area contributed by atoms with Crippen LogP contribution in [0.1, 0.15) is 30.4 Å². The number of rotatable bonds is 6. The average molecular weight is 401 g/mol. The van der Waals surface area contributed by atoms with Gasteiger partial charge in [-0.15, -0.1) is 0 Å². The van der Waals surface area contributed by atoms with Gasteiger partial charge in [-0.3, -0.25) is 23.8 Å². The molecule has 0 unspecified atom stereocenters. The highest BCUT2D eigenvalue weighted by molar-refractivity contribution is 7.71. The summed E-state index contributed by atoms with van der Waals surface area (Å²) in [6, 6.07) is 10.6. The SMILES string of the molecule is Cn1c(O)c(C=NCCC2CCN(Cc3ccccc3)CC2)c(=O)n(C)c1=S. The maximum atomic E-state index is 12.3. The van der Waals surface area contributed by atoms with Crippen molar-refractivity contribution >= 4 is 18.4 Å². The maximum Gasteiger partial charge on any atom is 0.266 e. The Morgan fingerprint density at radius 2 is 1.86 bits per heavy atom. The molecular weight excluding hydrogens is 372 g/mol. The molecule has 0 atom stereocenters. The van der Waals surface area contributed by atoms with Gasteiger partial charge in [0.05, 0.1) is 0 Å². The van der Waals surface area contributed by atoms with Gasteiger partial charge in [0.1, 0.15) is 5.56 Å². The third-order valence-corrected chi connectivity index (χ3v) is 6.06. The van der Waals surface area contributed by atoms with Gasteiger partial charge in [0.15, 0.2) is 4.77 Å². The van der Waals surface area contributed by atoms with Crippen LogP contribution >= 0.6 is 12.2 Å². The summed E-state index contributed by atoms with van der Waals surface area (Å²) in [7, 11) is 3.24. The van der Waals surface area contributed by atoms with Crippen molar-refractivity contribution in [3.8, 4) is 5.88 Å². The van der Waals surface area contributed by atoms with Crippen LogP contribution in [0.5, 0.6) is 5.88 Å². The summed E-state index contributed by atoms with van der Waals surface area (Å²) in [5.41, 5.74) is 1.24. The maximum absolute atomic E-state index is 12.3. The Labute approximate surface area is 170 Å². The first-order chi connectivity index (χ1) is 13.5. The highest BCUT2D eigenvalue weighted by Crippen LogP contribution is 2.22.